The average Bonchev–Trinajstić information content (AvgIpc) is 3.05. The minimum atomic E-state index is -0.235. The molecule has 0 aliphatic heterocycles. The molecule has 2 aromatic carbocycles. The van der Waals surface area contributed by atoms with Crippen LogP contribution in [0.2, 0.25) is 0 Å². The van der Waals surface area contributed by atoms with Gasteiger partial charge in [-0.1, -0.05) is 31.2 Å². The second kappa shape index (κ2) is 7.87. The van der Waals surface area contributed by atoms with E-state index in [1.165, 1.54) is 16.2 Å². The molecule has 1 aliphatic rings. The van der Waals surface area contributed by atoms with Crippen LogP contribution in [-0.4, -0.2) is 5.91 Å². The van der Waals surface area contributed by atoms with Gasteiger partial charge in [0.2, 0.25) is 0 Å². The first kappa shape index (κ1) is 18.3. The maximum atomic E-state index is 12.8. The van der Waals surface area contributed by atoms with Gasteiger partial charge in [-0.2, -0.15) is 5.26 Å². The van der Waals surface area contributed by atoms with Gasteiger partial charge in [-0.3, -0.25) is 4.79 Å². The lowest BCUT2D eigenvalue weighted by Gasteiger charge is -2.17. The molecular weight excluding hydrogens is 368 g/mol. The molecule has 5 heteroatoms. The molecule has 0 spiro atoms. The number of hydrogen-bond donors (Lipinski definition) is 1. The summed E-state index contributed by atoms with van der Waals surface area (Å²) in [6.45, 7) is 2.21. The van der Waals surface area contributed by atoms with E-state index in [1.54, 1.807) is 18.2 Å². The number of rotatable bonds is 4. The van der Waals surface area contributed by atoms with Gasteiger partial charge in [0.15, 0.2) is 0 Å². The number of ether oxygens (including phenoxy) is 1. The van der Waals surface area contributed by atoms with Crippen molar-refractivity contribution in [2.24, 2.45) is 5.92 Å². The molecule has 3 aromatic rings. The van der Waals surface area contributed by atoms with Gasteiger partial charge < -0.3 is 10.1 Å². The smallest absolute Gasteiger partial charge is 0.256 e. The summed E-state index contributed by atoms with van der Waals surface area (Å²) in [5.41, 5.74) is 2.23. The molecule has 1 aliphatic carbocycles. The number of benzene rings is 2. The highest BCUT2D eigenvalue weighted by atomic mass is 32.1. The van der Waals surface area contributed by atoms with E-state index in [0.717, 1.165) is 24.8 Å². The Labute approximate surface area is 168 Å². The zero-order valence-corrected chi connectivity index (χ0v) is 16.4. The van der Waals surface area contributed by atoms with E-state index >= 15 is 0 Å². The lowest BCUT2D eigenvalue weighted by atomic mass is 9.88. The molecule has 4 rings (SSSR count). The number of amides is 1. The van der Waals surface area contributed by atoms with Gasteiger partial charge in [0.25, 0.3) is 5.91 Å². The molecule has 0 unspecified atom stereocenters. The number of aryl methyl sites for hydroxylation is 1. The van der Waals surface area contributed by atoms with Gasteiger partial charge in [0.1, 0.15) is 22.6 Å². The van der Waals surface area contributed by atoms with Crippen molar-refractivity contribution in [2.45, 2.75) is 26.2 Å². The highest BCUT2D eigenvalue weighted by Gasteiger charge is 2.25. The number of para-hydroxylation sites is 1. The number of hydrogen-bond acceptors (Lipinski definition) is 4. The molecule has 1 heterocycles. The van der Waals surface area contributed by atoms with Crippen molar-refractivity contribution in [1.82, 2.24) is 0 Å². The maximum absolute atomic E-state index is 12.8. The van der Waals surface area contributed by atoms with Gasteiger partial charge in [0.05, 0.1) is 5.56 Å². The van der Waals surface area contributed by atoms with Crippen LogP contribution in [0.5, 0.6) is 11.5 Å². The fourth-order valence-electron chi connectivity index (χ4n) is 3.47. The van der Waals surface area contributed by atoms with Gasteiger partial charge in [0, 0.05) is 10.4 Å². The van der Waals surface area contributed by atoms with Crippen LogP contribution in [0, 0.1) is 17.2 Å². The lowest BCUT2D eigenvalue weighted by molar-refractivity contribution is 0.102. The Morgan fingerprint density at radius 2 is 1.96 bits per heavy atom. The number of nitrogens with one attached hydrogen (secondary N) is 1. The molecule has 1 N–H and O–H groups in total. The molecule has 0 saturated carbocycles. The first-order chi connectivity index (χ1) is 13.6. The van der Waals surface area contributed by atoms with Gasteiger partial charge in [-0.25, -0.2) is 0 Å². The standard InChI is InChI=1S/C23H20N2O2S/c1-15-10-11-21-19(12-15)20(14-24)23(28-21)25-22(26)16-6-5-9-18(13-16)27-17-7-3-2-4-8-17/h2-9,13,15H,10-12H2,1H3,(H,25,26)/t15-/m1/s1. The molecule has 0 radical (unpaired) electrons. The van der Waals surface area contributed by atoms with E-state index in [2.05, 4.69) is 18.3 Å². The molecule has 0 saturated heterocycles. The third kappa shape index (κ3) is 3.78. The van der Waals surface area contributed by atoms with Crippen LogP contribution < -0.4 is 10.1 Å². The minimum absolute atomic E-state index is 0.235. The topological polar surface area (TPSA) is 62.1 Å². The van der Waals surface area contributed by atoms with E-state index < -0.39 is 0 Å². The van der Waals surface area contributed by atoms with Crippen LogP contribution in [0.4, 0.5) is 5.00 Å². The van der Waals surface area contributed by atoms with Crippen LogP contribution in [0.25, 0.3) is 0 Å². The predicted molar refractivity (Wildman–Crippen MR) is 111 cm³/mol. The summed E-state index contributed by atoms with van der Waals surface area (Å²) in [4.78, 5) is 14.0. The summed E-state index contributed by atoms with van der Waals surface area (Å²) < 4.78 is 5.81. The van der Waals surface area contributed by atoms with Gasteiger partial charge in [-0.05, 0) is 61.1 Å². The third-order valence-corrected chi connectivity index (χ3v) is 6.13. The van der Waals surface area contributed by atoms with E-state index in [-0.39, 0.29) is 5.91 Å². The highest BCUT2D eigenvalue weighted by molar-refractivity contribution is 7.16. The third-order valence-electron chi connectivity index (χ3n) is 4.92. The second-order valence-corrected chi connectivity index (χ2v) is 8.17. The van der Waals surface area contributed by atoms with Crippen LogP contribution in [0.3, 0.4) is 0 Å². The Morgan fingerprint density at radius 1 is 1.18 bits per heavy atom. The first-order valence-electron chi connectivity index (χ1n) is 9.33. The SMILES string of the molecule is C[C@@H]1CCc2sc(NC(=O)c3cccc(Oc4ccccc4)c3)c(C#N)c2C1. The highest BCUT2D eigenvalue weighted by Crippen LogP contribution is 2.39. The Hall–Kier alpha value is -3.10. The van der Waals surface area contributed by atoms with Crippen LogP contribution in [0.15, 0.2) is 54.6 Å². The normalized spacial score (nSPS) is 15.4. The molecule has 0 fully saturated rings. The number of anilines is 1. The van der Waals surface area contributed by atoms with Crippen LogP contribution in [0.1, 0.15) is 39.7 Å². The molecule has 1 aromatic heterocycles. The van der Waals surface area contributed by atoms with Crippen molar-refractivity contribution >= 4 is 22.2 Å². The summed E-state index contributed by atoms with van der Waals surface area (Å²) in [5, 5.41) is 13.2. The number of nitriles is 1. The Balaban J connectivity index is 1.55. The fourth-order valence-corrected chi connectivity index (χ4v) is 4.65. The lowest BCUT2D eigenvalue weighted by Crippen LogP contribution is -2.12. The van der Waals surface area contributed by atoms with Crippen molar-refractivity contribution in [2.75, 3.05) is 5.32 Å². The molecular formula is C23H20N2O2S. The molecule has 1 amide bonds. The second-order valence-electron chi connectivity index (χ2n) is 7.06. The van der Waals surface area contributed by atoms with Crippen molar-refractivity contribution in [3.63, 3.8) is 0 Å². The zero-order valence-electron chi connectivity index (χ0n) is 15.6. The molecule has 4 nitrogen and oxygen atoms in total. The zero-order chi connectivity index (χ0) is 19.5. The van der Waals surface area contributed by atoms with E-state index in [4.69, 9.17) is 4.74 Å². The Morgan fingerprint density at radius 3 is 2.75 bits per heavy atom. The van der Waals surface area contributed by atoms with Crippen molar-refractivity contribution in [1.29, 1.82) is 5.26 Å². The summed E-state index contributed by atoms with van der Waals surface area (Å²) in [6, 6.07) is 18.8. The minimum Gasteiger partial charge on any atom is -0.457 e. The number of fused-ring (bicyclic) bond motifs is 1. The van der Waals surface area contributed by atoms with Crippen molar-refractivity contribution in [3.8, 4) is 17.6 Å². The summed E-state index contributed by atoms with van der Waals surface area (Å²) >= 11 is 1.53. The van der Waals surface area contributed by atoms with Gasteiger partial charge >= 0.3 is 0 Å². The van der Waals surface area contributed by atoms with Crippen molar-refractivity contribution < 1.29 is 9.53 Å². The molecule has 1 atom stereocenters. The first-order valence-corrected chi connectivity index (χ1v) is 10.1. The average molecular weight is 388 g/mol. The predicted octanol–water partition coefficient (Wildman–Crippen LogP) is 5.79. The van der Waals surface area contributed by atoms with Crippen molar-refractivity contribution in [3.05, 3.63) is 76.2 Å². The number of carbonyl (C=O) groups excluding carboxylic acids is 1. The molecule has 140 valence electrons. The number of carbonyl (C=O) groups is 1. The summed E-state index contributed by atoms with van der Waals surface area (Å²) in [7, 11) is 0. The summed E-state index contributed by atoms with van der Waals surface area (Å²) in [6.07, 6.45) is 3.02. The largest absolute Gasteiger partial charge is 0.457 e. The van der Waals surface area contributed by atoms with Gasteiger partial charge in [-0.15, -0.1) is 11.3 Å². The van der Waals surface area contributed by atoms with E-state index in [9.17, 15) is 10.1 Å². The number of thiophene rings is 1. The van der Waals surface area contributed by atoms with E-state index in [1.807, 2.05) is 36.4 Å². The molecule has 28 heavy (non-hydrogen) atoms. The maximum Gasteiger partial charge on any atom is 0.256 e. The van der Waals surface area contributed by atoms with E-state index in [0.29, 0.717) is 33.5 Å². The fraction of sp³-hybridized carbons (Fsp3) is 0.217. The molecule has 0 bridgehead atoms. The number of nitrogens with zero attached hydrogens (tertiary/aromatic N) is 1. The summed E-state index contributed by atoms with van der Waals surface area (Å²) in [5.74, 6) is 1.65. The Kier molecular flexibility index (Phi) is 5.14. The Bertz CT molecular complexity index is 1050. The van der Waals surface area contributed by atoms with Crippen LogP contribution >= 0.6 is 11.3 Å². The monoisotopic (exact) mass is 388 g/mol. The quantitative estimate of drug-likeness (QED) is 0.615. The van der Waals surface area contributed by atoms with Crippen LogP contribution in [-0.2, 0) is 12.8 Å².